The van der Waals surface area contributed by atoms with Crippen LogP contribution in [0.25, 0.3) is 5.69 Å². The Morgan fingerprint density at radius 2 is 1.94 bits per heavy atom. The highest BCUT2D eigenvalue weighted by atomic mass is 79.9. The van der Waals surface area contributed by atoms with Crippen LogP contribution in [-0.4, -0.2) is 26.7 Å². The van der Waals surface area contributed by atoms with Gasteiger partial charge in [0.1, 0.15) is 0 Å². The van der Waals surface area contributed by atoms with Crippen LogP contribution in [0.1, 0.15) is 11.3 Å². The lowest BCUT2D eigenvalue weighted by molar-refractivity contribution is 0.298. The maximum atomic E-state index is 8.85. The topological polar surface area (TPSA) is 50.9 Å². The first kappa shape index (κ1) is 12.7. The molecule has 0 saturated heterocycles. The van der Waals surface area contributed by atoms with Gasteiger partial charge in [0.25, 0.3) is 0 Å². The van der Waals surface area contributed by atoms with E-state index in [2.05, 4.69) is 42.2 Å². The monoisotopic (exact) mass is 359 g/mol. The smallest absolute Gasteiger partial charge is 0.0947 e. The first-order valence-electron chi connectivity index (χ1n) is 5.10. The normalized spacial score (nSPS) is 10.8. The summed E-state index contributed by atoms with van der Waals surface area (Å²) in [5, 5.41) is 16.9. The maximum Gasteiger partial charge on any atom is 0.0947 e. The first-order valence-corrected chi connectivity index (χ1v) is 6.68. The van der Waals surface area contributed by atoms with E-state index in [0.717, 1.165) is 25.9 Å². The van der Waals surface area contributed by atoms with Gasteiger partial charge >= 0.3 is 0 Å². The number of aryl methyl sites for hydroxylation is 1. The number of aliphatic hydroxyl groups excluding tert-OH is 1. The summed E-state index contributed by atoms with van der Waals surface area (Å²) in [5.74, 6) is 0. The molecule has 6 heteroatoms. The second-order valence-corrected chi connectivity index (χ2v) is 5.41. The van der Waals surface area contributed by atoms with Gasteiger partial charge in [0.2, 0.25) is 0 Å². The predicted molar refractivity (Wildman–Crippen MR) is 72.3 cm³/mol. The molecular formula is C11H11Br2N3O. The van der Waals surface area contributed by atoms with E-state index in [-0.39, 0.29) is 6.61 Å². The number of nitrogens with zero attached hydrogens (tertiary/aromatic N) is 3. The van der Waals surface area contributed by atoms with Gasteiger partial charge in [0.05, 0.1) is 17.6 Å². The van der Waals surface area contributed by atoms with Crippen molar-refractivity contribution < 1.29 is 5.11 Å². The number of aromatic nitrogens is 3. The summed E-state index contributed by atoms with van der Waals surface area (Å²) < 4.78 is 3.59. The highest BCUT2D eigenvalue weighted by molar-refractivity contribution is 9.11. The van der Waals surface area contributed by atoms with Crippen LogP contribution in [-0.2, 0) is 6.42 Å². The van der Waals surface area contributed by atoms with Crippen molar-refractivity contribution in [3.63, 3.8) is 0 Å². The van der Waals surface area contributed by atoms with Crippen LogP contribution in [0.15, 0.2) is 27.3 Å². The number of aliphatic hydroxyl groups is 1. The van der Waals surface area contributed by atoms with Gasteiger partial charge in [0, 0.05) is 22.0 Å². The van der Waals surface area contributed by atoms with Gasteiger partial charge in [-0.3, -0.25) is 0 Å². The van der Waals surface area contributed by atoms with Crippen LogP contribution in [0.2, 0.25) is 0 Å². The molecule has 1 N–H and O–H groups in total. The fourth-order valence-corrected chi connectivity index (χ4v) is 3.33. The van der Waals surface area contributed by atoms with Crippen molar-refractivity contribution in [2.24, 2.45) is 0 Å². The van der Waals surface area contributed by atoms with Gasteiger partial charge in [-0.15, -0.1) is 5.10 Å². The second-order valence-electron chi connectivity index (χ2n) is 3.71. The van der Waals surface area contributed by atoms with Crippen LogP contribution >= 0.6 is 31.9 Å². The molecule has 0 bridgehead atoms. The summed E-state index contributed by atoms with van der Waals surface area (Å²) >= 11 is 7.03. The van der Waals surface area contributed by atoms with E-state index in [1.165, 1.54) is 0 Å². The molecule has 17 heavy (non-hydrogen) atoms. The molecule has 0 atom stereocenters. The molecule has 2 aromatic rings. The number of hydrogen-bond donors (Lipinski definition) is 1. The van der Waals surface area contributed by atoms with E-state index in [4.69, 9.17) is 5.11 Å². The van der Waals surface area contributed by atoms with Crippen LogP contribution < -0.4 is 0 Å². The lowest BCUT2D eigenvalue weighted by Gasteiger charge is -2.07. The predicted octanol–water partition coefficient (Wildman–Crippen LogP) is 2.64. The molecule has 1 aromatic heterocycles. The molecule has 0 spiro atoms. The van der Waals surface area contributed by atoms with Crippen LogP contribution in [0.3, 0.4) is 0 Å². The Hall–Kier alpha value is -0.720. The molecular weight excluding hydrogens is 350 g/mol. The zero-order valence-electron chi connectivity index (χ0n) is 9.19. The molecule has 0 saturated carbocycles. The van der Waals surface area contributed by atoms with Crippen molar-refractivity contribution in [2.75, 3.05) is 6.61 Å². The van der Waals surface area contributed by atoms with E-state index in [1.807, 2.05) is 25.3 Å². The Bertz CT molecular complexity index is 516. The van der Waals surface area contributed by atoms with Gasteiger partial charge in [0.15, 0.2) is 0 Å². The van der Waals surface area contributed by atoms with Crippen LogP contribution in [0, 0.1) is 6.92 Å². The van der Waals surface area contributed by atoms with Crippen LogP contribution in [0.4, 0.5) is 0 Å². The van der Waals surface area contributed by atoms with E-state index < -0.39 is 0 Å². The lowest BCUT2D eigenvalue weighted by Crippen LogP contribution is -1.98. The SMILES string of the molecule is Cc1cc(Br)c(-n2cc(CCO)nn2)c(Br)c1. The fraction of sp³-hybridized carbons (Fsp3) is 0.273. The molecule has 1 aromatic carbocycles. The number of hydrogen-bond acceptors (Lipinski definition) is 3. The number of benzene rings is 1. The summed E-state index contributed by atoms with van der Waals surface area (Å²) in [7, 11) is 0. The van der Waals surface area contributed by atoms with E-state index in [0.29, 0.717) is 6.42 Å². The van der Waals surface area contributed by atoms with Crippen LogP contribution in [0.5, 0.6) is 0 Å². The minimum Gasteiger partial charge on any atom is -0.396 e. The lowest BCUT2D eigenvalue weighted by atomic mass is 10.2. The number of rotatable bonds is 3. The molecule has 0 aliphatic carbocycles. The number of halogens is 2. The molecule has 0 aliphatic heterocycles. The zero-order valence-corrected chi connectivity index (χ0v) is 12.4. The molecule has 0 unspecified atom stereocenters. The molecule has 0 amide bonds. The van der Waals surface area contributed by atoms with Crippen molar-refractivity contribution in [2.45, 2.75) is 13.3 Å². The maximum absolute atomic E-state index is 8.85. The standard InChI is InChI=1S/C11H11Br2N3O/c1-7-4-9(12)11(10(13)5-7)16-6-8(2-3-17)14-15-16/h4-6,17H,2-3H2,1H3. The Kier molecular flexibility index (Phi) is 3.96. The molecule has 0 aliphatic rings. The fourth-order valence-electron chi connectivity index (χ4n) is 1.55. The summed E-state index contributed by atoms with van der Waals surface area (Å²) in [4.78, 5) is 0. The third-order valence-electron chi connectivity index (χ3n) is 2.30. The van der Waals surface area contributed by atoms with Crippen molar-refractivity contribution in [3.05, 3.63) is 38.5 Å². The van der Waals surface area contributed by atoms with Gasteiger partial charge in [-0.25, -0.2) is 4.68 Å². The minimum atomic E-state index is 0.0783. The summed E-state index contributed by atoms with van der Waals surface area (Å²) in [6.45, 7) is 2.10. The Morgan fingerprint density at radius 1 is 1.29 bits per heavy atom. The average molecular weight is 361 g/mol. The van der Waals surface area contributed by atoms with Crippen molar-refractivity contribution in [1.29, 1.82) is 0 Å². The highest BCUT2D eigenvalue weighted by Gasteiger charge is 2.10. The average Bonchev–Trinajstić information content (AvgIpc) is 2.65. The van der Waals surface area contributed by atoms with Crippen molar-refractivity contribution in [1.82, 2.24) is 15.0 Å². The van der Waals surface area contributed by atoms with E-state index in [1.54, 1.807) is 4.68 Å². The second kappa shape index (κ2) is 5.29. The van der Waals surface area contributed by atoms with E-state index in [9.17, 15) is 0 Å². The van der Waals surface area contributed by atoms with Gasteiger partial charge in [-0.1, -0.05) is 5.21 Å². The zero-order chi connectivity index (χ0) is 12.4. The molecule has 90 valence electrons. The molecule has 1 heterocycles. The molecule has 0 radical (unpaired) electrons. The summed E-state index contributed by atoms with van der Waals surface area (Å²) in [5.41, 5.74) is 2.84. The Morgan fingerprint density at radius 3 is 2.53 bits per heavy atom. The Labute approximate surface area is 116 Å². The van der Waals surface area contributed by atoms with E-state index >= 15 is 0 Å². The molecule has 2 rings (SSSR count). The largest absolute Gasteiger partial charge is 0.396 e. The molecule has 4 nitrogen and oxygen atoms in total. The van der Waals surface area contributed by atoms with Crippen molar-refractivity contribution in [3.8, 4) is 5.69 Å². The van der Waals surface area contributed by atoms with Gasteiger partial charge < -0.3 is 5.11 Å². The third-order valence-corrected chi connectivity index (χ3v) is 3.51. The first-order chi connectivity index (χ1) is 8.11. The quantitative estimate of drug-likeness (QED) is 0.915. The summed E-state index contributed by atoms with van der Waals surface area (Å²) in [6.07, 6.45) is 2.33. The highest BCUT2D eigenvalue weighted by Crippen LogP contribution is 2.30. The summed E-state index contributed by atoms with van der Waals surface area (Å²) in [6, 6.07) is 4.04. The minimum absolute atomic E-state index is 0.0783. The van der Waals surface area contributed by atoms with Gasteiger partial charge in [-0.2, -0.15) is 0 Å². The Balaban J connectivity index is 2.45. The van der Waals surface area contributed by atoms with Gasteiger partial charge in [-0.05, 0) is 56.5 Å². The molecule has 0 fully saturated rings. The third kappa shape index (κ3) is 2.75. The van der Waals surface area contributed by atoms with Crippen molar-refractivity contribution >= 4 is 31.9 Å².